The third-order valence-corrected chi connectivity index (χ3v) is 11.4. The molecule has 0 saturated heterocycles. The van der Waals surface area contributed by atoms with E-state index < -0.39 is 16.6 Å². The molecule has 2 heterocycles. The molecule has 0 radical (unpaired) electrons. The number of hydrogen-bond donors (Lipinski definition) is 0. The highest BCUT2D eigenvalue weighted by molar-refractivity contribution is 5.89. The second-order valence-electron chi connectivity index (χ2n) is 15.6. The molecule has 0 bridgehead atoms. The number of nitriles is 6. The largest absolute Gasteiger partial charge is 0.480 e. The van der Waals surface area contributed by atoms with Gasteiger partial charge < -0.3 is 9.47 Å². The monoisotopic (exact) mass is 764 g/mol. The predicted octanol–water partition coefficient (Wildman–Crippen LogP) is 10.4. The van der Waals surface area contributed by atoms with E-state index in [0.29, 0.717) is 11.1 Å². The van der Waals surface area contributed by atoms with Crippen LogP contribution in [0.1, 0.15) is 68.0 Å². The first kappa shape index (κ1) is 39.1. The average molecular weight is 765 g/mol. The van der Waals surface area contributed by atoms with Crippen molar-refractivity contribution in [2.45, 2.75) is 51.2 Å². The van der Waals surface area contributed by atoms with Gasteiger partial charge in [-0.05, 0) is 72.2 Å². The van der Waals surface area contributed by atoms with E-state index in [9.17, 15) is 31.6 Å². The normalized spacial score (nSPS) is 20.8. The maximum absolute atomic E-state index is 9.97. The molecular weight excluding hydrogens is 729 g/mol. The molecule has 3 aromatic carbocycles. The zero-order chi connectivity index (χ0) is 42.1. The van der Waals surface area contributed by atoms with E-state index in [1.165, 1.54) is 11.1 Å². The minimum absolute atomic E-state index is 0.0132. The highest BCUT2D eigenvalue weighted by Crippen LogP contribution is 2.54. The van der Waals surface area contributed by atoms with E-state index in [4.69, 9.17) is 9.47 Å². The molecule has 3 aromatic rings. The molecule has 2 aliphatic carbocycles. The summed E-state index contributed by atoms with van der Waals surface area (Å²) in [5.74, 6) is 0.0486. The van der Waals surface area contributed by atoms with E-state index in [-0.39, 0.29) is 39.7 Å². The lowest BCUT2D eigenvalue weighted by Gasteiger charge is -2.45. The van der Waals surface area contributed by atoms with Crippen LogP contribution in [0, 0.1) is 73.9 Å². The minimum Gasteiger partial charge on any atom is -0.480 e. The Morgan fingerprint density at radius 3 is 1.58 bits per heavy atom. The van der Waals surface area contributed by atoms with Gasteiger partial charge in [-0.25, -0.2) is 0 Å². The standard InChI is InChI=1S/C51H36N6O2/c1-49(2)42(40(30-56)47(58-49)35(26-52)27-53)24-18-32-14-20-34(21-15-32)46-38-10-6-8-12-44(38)51(5,45-13-9-7-11-39(45)46)37-22-16-33(17-23-37)19-25-43-41(31-57)48(36(28-54)29-55)59-50(43,3)4/h6-25,44H,1-5H3. The first-order valence-electron chi connectivity index (χ1n) is 18.9. The molecule has 282 valence electrons. The van der Waals surface area contributed by atoms with Crippen molar-refractivity contribution in [1.29, 1.82) is 31.6 Å². The molecule has 2 aliphatic heterocycles. The molecule has 8 heteroatoms. The van der Waals surface area contributed by atoms with Crippen LogP contribution in [0.3, 0.4) is 0 Å². The summed E-state index contributed by atoms with van der Waals surface area (Å²) in [6.07, 6.45) is 16.1. The third-order valence-electron chi connectivity index (χ3n) is 11.4. The van der Waals surface area contributed by atoms with Crippen molar-refractivity contribution in [1.82, 2.24) is 0 Å². The Bertz CT molecular complexity index is 2850. The quantitative estimate of drug-likeness (QED) is 0.224. The Morgan fingerprint density at radius 1 is 0.593 bits per heavy atom. The summed E-state index contributed by atoms with van der Waals surface area (Å²) in [6.45, 7) is 9.52. The van der Waals surface area contributed by atoms with E-state index in [2.05, 4.69) is 104 Å². The van der Waals surface area contributed by atoms with Crippen molar-refractivity contribution in [2.24, 2.45) is 5.92 Å². The number of ether oxygens (including phenoxy) is 2. The van der Waals surface area contributed by atoms with Gasteiger partial charge in [0.05, 0.1) is 0 Å². The van der Waals surface area contributed by atoms with Crippen LogP contribution in [-0.4, -0.2) is 11.2 Å². The van der Waals surface area contributed by atoms with Crippen LogP contribution < -0.4 is 0 Å². The number of nitrogens with zero attached hydrogens (tertiary/aromatic N) is 6. The van der Waals surface area contributed by atoms with Crippen molar-refractivity contribution in [3.05, 3.63) is 193 Å². The van der Waals surface area contributed by atoms with Gasteiger partial charge in [0.2, 0.25) is 0 Å². The van der Waals surface area contributed by atoms with Gasteiger partial charge in [0.15, 0.2) is 22.7 Å². The second-order valence-corrected chi connectivity index (χ2v) is 15.6. The summed E-state index contributed by atoms with van der Waals surface area (Å²) in [6, 6.07) is 36.9. The molecule has 0 N–H and O–H groups in total. The number of allylic oxidation sites excluding steroid dienone is 9. The van der Waals surface area contributed by atoms with Crippen LogP contribution in [0.15, 0.2) is 160 Å². The number of fused-ring (bicyclic) bond motifs is 2. The summed E-state index contributed by atoms with van der Waals surface area (Å²) >= 11 is 0. The third kappa shape index (κ3) is 6.57. The van der Waals surface area contributed by atoms with Crippen LogP contribution in [0.25, 0.3) is 17.7 Å². The highest BCUT2D eigenvalue weighted by Gasteiger charge is 2.45. The van der Waals surface area contributed by atoms with Gasteiger partial charge in [0.25, 0.3) is 0 Å². The summed E-state index contributed by atoms with van der Waals surface area (Å²) < 4.78 is 11.9. The minimum atomic E-state index is -0.902. The summed E-state index contributed by atoms with van der Waals surface area (Å²) in [7, 11) is 0. The Balaban J connectivity index is 1.23. The molecule has 0 spiro atoms. The van der Waals surface area contributed by atoms with Crippen LogP contribution in [0.5, 0.6) is 0 Å². The zero-order valence-electron chi connectivity index (χ0n) is 33.1. The Kier molecular flexibility index (Phi) is 9.99. The first-order chi connectivity index (χ1) is 28.4. The van der Waals surface area contributed by atoms with Gasteiger partial charge >= 0.3 is 0 Å². The summed E-state index contributed by atoms with van der Waals surface area (Å²) in [5.41, 5.74) is 7.60. The lowest BCUT2D eigenvalue weighted by atomic mass is 9.58. The van der Waals surface area contributed by atoms with Crippen LogP contribution >= 0.6 is 0 Å². The van der Waals surface area contributed by atoms with Gasteiger partial charge in [0, 0.05) is 22.5 Å². The van der Waals surface area contributed by atoms with Crippen molar-refractivity contribution < 1.29 is 9.47 Å². The van der Waals surface area contributed by atoms with Crippen molar-refractivity contribution >= 4 is 17.7 Å². The molecule has 59 heavy (non-hydrogen) atoms. The fraction of sp³-hybridized carbons (Fsp3) is 0.176. The van der Waals surface area contributed by atoms with E-state index in [1.54, 1.807) is 13.8 Å². The first-order valence-corrected chi connectivity index (χ1v) is 18.9. The van der Waals surface area contributed by atoms with Crippen molar-refractivity contribution in [3.63, 3.8) is 0 Å². The van der Waals surface area contributed by atoms with Gasteiger partial charge in [-0.15, -0.1) is 0 Å². The molecule has 4 aliphatic rings. The average Bonchev–Trinajstić information content (AvgIpc) is 3.66. The van der Waals surface area contributed by atoms with Gasteiger partial charge in [-0.3, -0.25) is 0 Å². The number of hydrogen-bond acceptors (Lipinski definition) is 8. The molecule has 0 aromatic heterocycles. The number of benzene rings is 3. The molecule has 2 atom stereocenters. The molecule has 0 fully saturated rings. The predicted molar refractivity (Wildman–Crippen MR) is 224 cm³/mol. The molecule has 8 nitrogen and oxygen atoms in total. The highest BCUT2D eigenvalue weighted by atomic mass is 16.5. The topological polar surface area (TPSA) is 161 Å². The molecule has 7 rings (SSSR count). The van der Waals surface area contributed by atoms with Gasteiger partial charge in [-0.1, -0.05) is 128 Å². The summed E-state index contributed by atoms with van der Waals surface area (Å²) in [4.78, 5) is 0. The Labute approximate surface area is 344 Å². The fourth-order valence-corrected chi connectivity index (χ4v) is 8.44. The SMILES string of the molecule is CC1(C)OC(=C(C#N)C#N)C(C#N)=C1C=Cc1ccc(C2=C3C=CC=CC3C(C)(c3ccc(C=CC4=C(C#N)C(=C(C#N)C#N)OC4(C)C)cc3)c3ccccc32)cc1. The lowest BCUT2D eigenvalue weighted by molar-refractivity contribution is 0.0951. The summed E-state index contributed by atoms with van der Waals surface area (Å²) in [5, 5.41) is 57.7. The second kappa shape index (κ2) is 15.1. The number of rotatable bonds is 6. The van der Waals surface area contributed by atoms with E-state index in [0.717, 1.165) is 33.4 Å². The van der Waals surface area contributed by atoms with E-state index >= 15 is 0 Å². The van der Waals surface area contributed by atoms with Crippen LogP contribution in [0.4, 0.5) is 0 Å². The van der Waals surface area contributed by atoms with Crippen molar-refractivity contribution in [3.8, 4) is 36.4 Å². The van der Waals surface area contributed by atoms with Crippen LogP contribution in [0.2, 0.25) is 0 Å². The van der Waals surface area contributed by atoms with Gasteiger partial charge in [0.1, 0.15) is 58.8 Å². The molecular formula is C51H36N6O2. The lowest BCUT2D eigenvalue weighted by Crippen LogP contribution is -2.38. The molecule has 0 amide bonds. The maximum atomic E-state index is 9.97. The Morgan fingerprint density at radius 2 is 1.08 bits per heavy atom. The van der Waals surface area contributed by atoms with Gasteiger partial charge in [-0.2, -0.15) is 31.6 Å². The van der Waals surface area contributed by atoms with E-state index in [1.807, 2.05) is 74.6 Å². The molecule has 0 saturated carbocycles. The fourth-order valence-electron chi connectivity index (χ4n) is 8.44. The van der Waals surface area contributed by atoms with Crippen LogP contribution in [-0.2, 0) is 14.9 Å². The Hall–Kier alpha value is -8.14. The maximum Gasteiger partial charge on any atom is 0.172 e. The smallest absolute Gasteiger partial charge is 0.172 e. The van der Waals surface area contributed by atoms with Crippen molar-refractivity contribution in [2.75, 3.05) is 0 Å². The zero-order valence-corrected chi connectivity index (χ0v) is 33.1. The molecule has 2 unspecified atom stereocenters.